The highest BCUT2D eigenvalue weighted by Gasteiger charge is 2.32. The summed E-state index contributed by atoms with van der Waals surface area (Å²) >= 11 is 5.31. The first kappa shape index (κ1) is 19.9. The van der Waals surface area contributed by atoms with Gasteiger partial charge in [-0.1, -0.05) is 48.5 Å². The number of carbonyl (C=O) groups excluding carboxylic acids is 1. The fourth-order valence-corrected chi connectivity index (χ4v) is 3.46. The maximum Gasteiger partial charge on any atom is 0.338 e. The van der Waals surface area contributed by atoms with Crippen molar-refractivity contribution in [3.8, 4) is 5.75 Å². The van der Waals surface area contributed by atoms with Crippen molar-refractivity contribution >= 4 is 23.3 Å². The summed E-state index contributed by atoms with van der Waals surface area (Å²) in [6.45, 7) is 4.60. The van der Waals surface area contributed by atoms with Gasteiger partial charge in [0.05, 0.1) is 24.8 Å². The van der Waals surface area contributed by atoms with Gasteiger partial charge in [0.15, 0.2) is 5.11 Å². The topological polar surface area (TPSA) is 59.6 Å². The van der Waals surface area contributed by atoms with E-state index in [0.717, 1.165) is 16.9 Å². The Hall–Kier alpha value is -2.86. The molecule has 2 aromatic carbocycles. The summed E-state index contributed by atoms with van der Waals surface area (Å²) in [6.07, 6.45) is 0.665. The molecule has 2 aromatic rings. The van der Waals surface area contributed by atoms with Gasteiger partial charge in [0.1, 0.15) is 5.75 Å². The van der Waals surface area contributed by atoms with E-state index in [1.165, 1.54) is 0 Å². The van der Waals surface area contributed by atoms with Crippen LogP contribution in [0.3, 0.4) is 0 Å². The van der Waals surface area contributed by atoms with Crippen molar-refractivity contribution in [3.05, 3.63) is 77.0 Å². The van der Waals surface area contributed by atoms with Crippen molar-refractivity contribution in [3.63, 3.8) is 0 Å². The molecule has 1 aliphatic rings. The number of para-hydroxylation sites is 1. The van der Waals surface area contributed by atoms with E-state index in [4.69, 9.17) is 21.7 Å². The Labute approximate surface area is 170 Å². The number of thiocarbonyl (C=S) groups is 1. The largest absolute Gasteiger partial charge is 0.494 e. The highest BCUT2D eigenvalue weighted by Crippen LogP contribution is 2.33. The van der Waals surface area contributed by atoms with Gasteiger partial charge in [0.25, 0.3) is 0 Å². The molecule has 0 amide bonds. The monoisotopic (exact) mass is 396 g/mol. The first-order valence-corrected chi connectivity index (χ1v) is 9.72. The maximum absolute atomic E-state index is 12.9. The molecule has 0 saturated heterocycles. The minimum absolute atomic E-state index is 0.309. The Morgan fingerprint density at radius 1 is 1.11 bits per heavy atom. The Morgan fingerprint density at radius 2 is 1.82 bits per heavy atom. The zero-order valence-electron chi connectivity index (χ0n) is 16.0. The molecule has 0 aliphatic carbocycles. The molecule has 0 aromatic heterocycles. The standard InChI is InChI=1S/C22H24N2O3S/c1-3-26-18-12-8-7-11-17(18)20-19(15(2)23-22(28)24-20)21(25)27-14-13-16-9-5-4-6-10-16/h4-12,20H,3,13-14H2,1-2H3,(H2,23,24,28). The lowest BCUT2D eigenvalue weighted by atomic mass is 9.95. The third kappa shape index (κ3) is 4.70. The van der Waals surface area contributed by atoms with Crippen molar-refractivity contribution in [2.45, 2.75) is 26.3 Å². The second kappa shape index (κ2) is 9.37. The minimum atomic E-state index is -0.430. The van der Waals surface area contributed by atoms with Crippen molar-refractivity contribution in [1.29, 1.82) is 0 Å². The van der Waals surface area contributed by atoms with Crippen molar-refractivity contribution in [1.82, 2.24) is 10.6 Å². The number of hydrogen-bond acceptors (Lipinski definition) is 4. The normalized spacial score (nSPS) is 16.2. The number of benzene rings is 2. The lowest BCUT2D eigenvalue weighted by Gasteiger charge is -2.30. The van der Waals surface area contributed by atoms with Gasteiger partial charge in [-0.2, -0.15) is 0 Å². The van der Waals surface area contributed by atoms with E-state index in [1.54, 1.807) is 0 Å². The first-order valence-electron chi connectivity index (χ1n) is 9.31. The number of nitrogens with one attached hydrogen (secondary N) is 2. The van der Waals surface area contributed by atoms with Crippen molar-refractivity contribution in [2.24, 2.45) is 0 Å². The summed E-state index contributed by atoms with van der Waals surface area (Å²) in [5.74, 6) is 0.349. The number of esters is 1. The molecule has 5 nitrogen and oxygen atoms in total. The van der Waals surface area contributed by atoms with Crippen LogP contribution in [0.25, 0.3) is 0 Å². The fourth-order valence-electron chi connectivity index (χ4n) is 3.19. The molecule has 0 radical (unpaired) electrons. The zero-order chi connectivity index (χ0) is 19.9. The third-order valence-electron chi connectivity index (χ3n) is 4.49. The summed E-state index contributed by atoms with van der Waals surface area (Å²) in [5.41, 5.74) is 3.17. The Morgan fingerprint density at radius 3 is 2.57 bits per heavy atom. The first-order chi connectivity index (χ1) is 13.6. The quantitative estimate of drug-likeness (QED) is 0.550. The predicted molar refractivity (Wildman–Crippen MR) is 113 cm³/mol. The van der Waals surface area contributed by atoms with Crippen LogP contribution in [-0.2, 0) is 16.0 Å². The average molecular weight is 397 g/mol. The number of hydrogen-bond donors (Lipinski definition) is 2. The van der Waals surface area contributed by atoms with Crippen LogP contribution in [0.5, 0.6) is 5.75 Å². The molecular formula is C22H24N2O3S. The van der Waals surface area contributed by atoms with Crippen molar-refractivity contribution in [2.75, 3.05) is 13.2 Å². The molecular weight excluding hydrogens is 372 g/mol. The number of rotatable bonds is 7. The molecule has 1 unspecified atom stereocenters. The predicted octanol–water partition coefficient (Wildman–Crippen LogP) is 3.66. The molecule has 1 aliphatic heterocycles. The van der Waals surface area contributed by atoms with E-state index in [9.17, 15) is 4.79 Å². The number of ether oxygens (including phenoxy) is 2. The van der Waals surface area contributed by atoms with Crippen LogP contribution in [0.1, 0.15) is 31.0 Å². The van der Waals surface area contributed by atoms with E-state index >= 15 is 0 Å². The molecule has 0 spiro atoms. The van der Waals surface area contributed by atoms with Crippen LogP contribution < -0.4 is 15.4 Å². The molecule has 6 heteroatoms. The molecule has 0 saturated carbocycles. The van der Waals surface area contributed by atoms with Gasteiger partial charge < -0.3 is 20.1 Å². The van der Waals surface area contributed by atoms with Crippen LogP contribution >= 0.6 is 12.2 Å². The Bertz CT molecular complexity index is 880. The average Bonchev–Trinajstić information content (AvgIpc) is 2.69. The second-order valence-electron chi connectivity index (χ2n) is 6.41. The Kier molecular flexibility index (Phi) is 6.66. The van der Waals surface area contributed by atoms with E-state index < -0.39 is 6.04 Å². The van der Waals surface area contributed by atoms with Crippen LogP contribution in [0.4, 0.5) is 0 Å². The summed E-state index contributed by atoms with van der Waals surface area (Å²) < 4.78 is 11.3. The van der Waals surface area contributed by atoms with Gasteiger partial charge >= 0.3 is 5.97 Å². The minimum Gasteiger partial charge on any atom is -0.494 e. The molecule has 0 fully saturated rings. The highest BCUT2D eigenvalue weighted by molar-refractivity contribution is 7.80. The van der Waals surface area contributed by atoms with Crippen LogP contribution in [0, 0.1) is 0 Å². The van der Waals surface area contributed by atoms with E-state index in [0.29, 0.717) is 36.0 Å². The van der Waals surface area contributed by atoms with E-state index in [-0.39, 0.29) is 5.97 Å². The van der Waals surface area contributed by atoms with Gasteiger partial charge in [-0.15, -0.1) is 0 Å². The summed E-state index contributed by atoms with van der Waals surface area (Å²) in [6, 6.07) is 17.2. The summed E-state index contributed by atoms with van der Waals surface area (Å²) in [7, 11) is 0. The highest BCUT2D eigenvalue weighted by atomic mass is 32.1. The molecule has 28 heavy (non-hydrogen) atoms. The SMILES string of the molecule is CCOc1ccccc1C1NC(=S)NC(C)=C1C(=O)OCCc1ccccc1. The van der Waals surface area contributed by atoms with Gasteiger partial charge in [-0.05, 0) is 37.7 Å². The summed E-state index contributed by atoms with van der Waals surface area (Å²) in [4.78, 5) is 12.9. The molecule has 146 valence electrons. The van der Waals surface area contributed by atoms with Gasteiger partial charge in [0.2, 0.25) is 0 Å². The molecule has 0 bridgehead atoms. The summed E-state index contributed by atoms with van der Waals surface area (Å²) in [5, 5.41) is 6.68. The van der Waals surface area contributed by atoms with Gasteiger partial charge in [-0.3, -0.25) is 0 Å². The smallest absolute Gasteiger partial charge is 0.338 e. The fraction of sp³-hybridized carbons (Fsp3) is 0.273. The second-order valence-corrected chi connectivity index (χ2v) is 6.82. The van der Waals surface area contributed by atoms with Crippen LogP contribution in [0.2, 0.25) is 0 Å². The lowest BCUT2D eigenvalue weighted by Crippen LogP contribution is -2.45. The van der Waals surface area contributed by atoms with E-state index in [2.05, 4.69) is 10.6 Å². The zero-order valence-corrected chi connectivity index (χ0v) is 16.8. The van der Waals surface area contributed by atoms with Crippen molar-refractivity contribution < 1.29 is 14.3 Å². The van der Waals surface area contributed by atoms with Gasteiger partial charge in [0, 0.05) is 17.7 Å². The van der Waals surface area contributed by atoms with Crippen LogP contribution in [0.15, 0.2) is 65.9 Å². The molecule has 1 atom stereocenters. The Balaban J connectivity index is 1.80. The van der Waals surface area contributed by atoms with Crippen LogP contribution in [-0.4, -0.2) is 24.3 Å². The number of carbonyl (C=O) groups is 1. The molecule has 1 heterocycles. The van der Waals surface area contributed by atoms with Gasteiger partial charge in [-0.25, -0.2) is 4.79 Å². The molecule has 3 rings (SSSR count). The number of allylic oxidation sites excluding steroid dienone is 1. The third-order valence-corrected chi connectivity index (χ3v) is 4.71. The maximum atomic E-state index is 12.9. The lowest BCUT2D eigenvalue weighted by molar-refractivity contribution is -0.139. The molecule has 2 N–H and O–H groups in total. The van der Waals surface area contributed by atoms with E-state index in [1.807, 2.05) is 68.4 Å².